The zero-order valence-corrected chi connectivity index (χ0v) is 8.06. The van der Waals surface area contributed by atoms with E-state index in [0.29, 0.717) is 5.82 Å². The van der Waals surface area contributed by atoms with E-state index in [1.807, 2.05) is 6.20 Å². The zero-order valence-electron chi connectivity index (χ0n) is 7.24. The molecule has 0 aliphatic heterocycles. The third-order valence-corrected chi connectivity index (χ3v) is 2.98. The Morgan fingerprint density at radius 1 is 1.54 bits per heavy atom. The van der Waals surface area contributed by atoms with E-state index in [2.05, 4.69) is 22.1 Å². The largest absolute Gasteiger partial charge is 0.383 e. The molecule has 2 aromatic heterocycles. The van der Waals surface area contributed by atoms with Gasteiger partial charge in [0.15, 0.2) is 0 Å². The lowest BCUT2D eigenvalue weighted by molar-refractivity contribution is 1.10. The van der Waals surface area contributed by atoms with E-state index < -0.39 is 0 Å². The topological polar surface area (TPSA) is 67.6 Å². The monoisotopic (exact) mass is 194 g/mol. The summed E-state index contributed by atoms with van der Waals surface area (Å²) < 4.78 is 0. The average Bonchev–Trinajstić information content (AvgIpc) is 2.71. The van der Waals surface area contributed by atoms with E-state index in [1.165, 1.54) is 4.88 Å². The molecule has 2 rings (SSSR count). The van der Waals surface area contributed by atoms with Gasteiger partial charge in [-0.05, 0) is 6.42 Å². The second-order valence-corrected chi connectivity index (χ2v) is 3.80. The Morgan fingerprint density at radius 2 is 2.38 bits per heavy atom. The van der Waals surface area contributed by atoms with Crippen molar-refractivity contribution in [2.45, 2.75) is 13.3 Å². The Bertz CT molecular complexity index is 404. The quantitative estimate of drug-likeness (QED) is 0.764. The normalized spacial score (nSPS) is 10.5. The van der Waals surface area contributed by atoms with E-state index in [-0.39, 0.29) is 0 Å². The number of anilines is 1. The van der Waals surface area contributed by atoms with Gasteiger partial charge in [0.25, 0.3) is 0 Å². The van der Waals surface area contributed by atoms with Crippen molar-refractivity contribution in [2.24, 2.45) is 0 Å². The summed E-state index contributed by atoms with van der Waals surface area (Å²) in [5.74, 6) is 0.581. The number of nitrogens with zero attached hydrogens (tertiary/aromatic N) is 2. The van der Waals surface area contributed by atoms with Gasteiger partial charge < -0.3 is 5.73 Å². The van der Waals surface area contributed by atoms with Crippen molar-refractivity contribution in [1.82, 2.24) is 15.2 Å². The molecule has 0 atom stereocenters. The Hall–Kier alpha value is -1.36. The number of aryl methyl sites for hydroxylation is 1. The molecule has 0 amide bonds. The molecule has 68 valence electrons. The van der Waals surface area contributed by atoms with Gasteiger partial charge in [0.1, 0.15) is 10.8 Å². The fourth-order valence-corrected chi connectivity index (χ4v) is 1.94. The number of nitrogens with one attached hydrogen (secondary N) is 1. The second-order valence-electron chi connectivity index (χ2n) is 2.68. The molecule has 2 aromatic rings. The summed E-state index contributed by atoms with van der Waals surface area (Å²) in [5.41, 5.74) is 6.57. The summed E-state index contributed by atoms with van der Waals surface area (Å²) in [6.45, 7) is 2.11. The maximum atomic E-state index is 5.67. The van der Waals surface area contributed by atoms with Crippen LogP contribution in [0.1, 0.15) is 11.8 Å². The zero-order chi connectivity index (χ0) is 9.26. The van der Waals surface area contributed by atoms with Gasteiger partial charge in [-0.15, -0.1) is 11.3 Å². The lowest BCUT2D eigenvalue weighted by Crippen LogP contribution is -1.86. The van der Waals surface area contributed by atoms with E-state index in [9.17, 15) is 0 Å². The first-order valence-electron chi connectivity index (χ1n) is 4.05. The van der Waals surface area contributed by atoms with Gasteiger partial charge in [0.2, 0.25) is 0 Å². The molecule has 0 unspecified atom stereocenters. The number of H-pyrrole nitrogens is 1. The first kappa shape index (κ1) is 8.25. The first-order chi connectivity index (χ1) is 6.31. The highest BCUT2D eigenvalue weighted by atomic mass is 32.1. The molecule has 0 aliphatic rings. The van der Waals surface area contributed by atoms with Crippen LogP contribution in [-0.4, -0.2) is 15.2 Å². The molecule has 5 heteroatoms. The number of aromatic nitrogens is 3. The molecular weight excluding hydrogens is 184 g/mol. The molecule has 0 saturated carbocycles. The first-order valence-corrected chi connectivity index (χ1v) is 4.87. The molecule has 0 fully saturated rings. The fraction of sp³-hybridized carbons (Fsp3) is 0.250. The van der Waals surface area contributed by atoms with Crippen molar-refractivity contribution >= 4 is 17.2 Å². The predicted octanol–water partition coefficient (Wildman–Crippen LogP) is 1.68. The lowest BCUT2D eigenvalue weighted by Gasteiger charge is -1.90. The van der Waals surface area contributed by atoms with Gasteiger partial charge in [-0.25, -0.2) is 4.98 Å². The van der Waals surface area contributed by atoms with Gasteiger partial charge in [-0.1, -0.05) is 6.92 Å². The van der Waals surface area contributed by atoms with Crippen LogP contribution in [0.25, 0.3) is 10.6 Å². The highest BCUT2D eigenvalue weighted by molar-refractivity contribution is 7.15. The molecule has 0 aliphatic carbocycles. The van der Waals surface area contributed by atoms with Crippen LogP contribution < -0.4 is 5.73 Å². The van der Waals surface area contributed by atoms with Crippen LogP contribution in [0.2, 0.25) is 0 Å². The molecule has 0 aromatic carbocycles. The van der Waals surface area contributed by atoms with Crippen LogP contribution in [0.5, 0.6) is 0 Å². The van der Waals surface area contributed by atoms with Crippen LogP contribution in [-0.2, 0) is 6.42 Å². The van der Waals surface area contributed by atoms with Gasteiger partial charge in [0.05, 0.1) is 11.8 Å². The predicted molar refractivity (Wildman–Crippen MR) is 53.5 cm³/mol. The number of nitrogens with two attached hydrogens (primary N) is 1. The van der Waals surface area contributed by atoms with E-state index in [4.69, 9.17) is 5.73 Å². The number of hydrogen-bond donors (Lipinski definition) is 2. The van der Waals surface area contributed by atoms with Crippen molar-refractivity contribution in [2.75, 3.05) is 5.73 Å². The standard InChI is InChI=1S/C8H10N4S/c1-2-5-3-10-8(13-5)6-4-11-12-7(6)9/h3-4H,2H2,1H3,(H3,9,11,12). The van der Waals surface area contributed by atoms with E-state index in [1.54, 1.807) is 17.5 Å². The molecule has 4 nitrogen and oxygen atoms in total. The minimum Gasteiger partial charge on any atom is -0.383 e. The average molecular weight is 194 g/mol. The fourth-order valence-electron chi connectivity index (χ4n) is 1.06. The summed E-state index contributed by atoms with van der Waals surface area (Å²) in [6.07, 6.45) is 4.59. The van der Waals surface area contributed by atoms with E-state index >= 15 is 0 Å². The summed E-state index contributed by atoms with van der Waals surface area (Å²) in [7, 11) is 0. The number of rotatable bonds is 2. The summed E-state index contributed by atoms with van der Waals surface area (Å²) >= 11 is 1.65. The maximum absolute atomic E-state index is 5.67. The van der Waals surface area contributed by atoms with Crippen LogP contribution in [0, 0.1) is 0 Å². The molecule has 0 bridgehead atoms. The second kappa shape index (κ2) is 3.18. The molecule has 3 N–H and O–H groups in total. The molecule has 2 heterocycles. The van der Waals surface area contributed by atoms with Crippen LogP contribution in [0.3, 0.4) is 0 Å². The Balaban J connectivity index is 2.41. The molecule has 13 heavy (non-hydrogen) atoms. The van der Waals surface area contributed by atoms with Gasteiger partial charge in [-0.2, -0.15) is 5.10 Å². The number of thiazole rings is 1. The van der Waals surface area contributed by atoms with Crippen molar-refractivity contribution < 1.29 is 0 Å². The summed E-state index contributed by atoms with van der Waals surface area (Å²) in [4.78, 5) is 5.53. The van der Waals surface area contributed by atoms with Gasteiger partial charge >= 0.3 is 0 Å². The van der Waals surface area contributed by atoms with Gasteiger partial charge in [0, 0.05) is 11.1 Å². The highest BCUT2D eigenvalue weighted by Gasteiger charge is 2.08. The number of aromatic amines is 1. The van der Waals surface area contributed by atoms with Crippen molar-refractivity contribution in [3.05, 3.63) is 17.3 Å². The Labute approximate surface area is 79.8 Å². The van der Waals surface area contributed by atoms with E-state index in [0.717, 1.165) is 17.0 Å². The van der Waals surface area contributed by atoms with Crippen LogP contribution in [0.4, 0.5) is 5.82 Å². The minimum atomic E-state index is 0.581. The number of hydrogen-bond acceptors (Lipinski definition) is 4. The summed E-state index contributed by atoms with van der Waals surface area (Å²) in [5, 5.41) is 7.47. The van der Waals surface area contributed by atoms with Crippen LogP contribution >= 0.6 is 11.3 Å². The highest BCUT2D eigenvalue weighted by Crippen LogP contribution is 2.28. The Kier molecular flexibility index (Phi) is 2.02. The molecule has 0 radical (unpaired) electrons. The summed E-state index contributed by atoms with van der Waals surface area (Å²) in [6, 6.07) is 0. The molecule has 0 spiro atoms. The van der Waals surface area contributed by atoms with Gasteiger partial charge in [-0.3, -0.25) is 5.10 Å². The molecular formula is C8H10N4S. The third kappa shape index (κ3) is 1.42. The Morgan fingerprint density at radius 3 is 2.92 bits per heavy atom. The number of nitrogen functional groups attached to an aromatic ring is 1. The molecule has 0 saturated heterocycles. The SMILES string of the molecule is CCc1cnc(-c2cn[nH]c2N)s1. The lowest BCUT2D eigenvalue weighted by atomic mass is 10.3. The third-order valence-electron chi connectivity index (χ3n) is 1.80. The smallest absolute Gasteiger partial charge is 0.129 e. The van der Waals surface area contributed by atoms with Crippen molar-refractivity contribution in [3.63, 3.8) is 0 Å². The van der Waals surface area contributed by atoms with Crippen molar-refractivity contribution in [3.8, 4) is 10.6 Å². The van der Waals surface area contributed by atoms with Crippen LogP contribution in [0.15, 0.2) is 12.4 Å². The maximum Gasteiger partial charge on any atom is 0.129 e. The van der Waals surface area contributed by atoms with Crippen molar-refractivity contribution in [1.29, 1.82) is 0 Å². The minimum absolute atomic E-state index is 0.581.